The van der Waals surface area contributed by atoms with Crippen LogP contribution in [0, 0.1) is 0 Å². The van der Waals surface area contributed by atoms with Crippen molar-refractivity contribution in [3.8, 4) is 5.75 Å². The number of hydrogen-bond acceptors (Lipinski definition) is 5. The number of ether oxygens (including phenoxy) is 1. The van der Waals surface area contributed by atoms with Crippen LogP contribution in [0.3, 0.4) is 0 Å². The maximum absolute atomic E-state index is 12.9. The van der Waals surface area contributed by atoms with E-state index in [4.69, 9.17) is 4.74 Å². The second-order valence-corrected chi connectivity index (χ2v) is 9.92. The number of para-hydroxylation sites is 2. The van der Waals surface area contributed by atoms with Gasteiger partial charge in [0.05, 0.1) is 17.1 Å². The molecule has 0 spiro atoms. The summed E-state index contributed by atoms with van der Waals surface area (Å²) < 4.78 is 29.4. The lowest BCUT2D eigenvalue weighted by atomic mass is 10.2. The lowest BCUT2D eigenvalue weighted by Crippen LogP contribution is -2.45. The molecule has 0 bridgehead atoms. The Morgan fingerprint density at radius 2 is 1.67 bits per heavy atom. The average Bonchev–Trinajstić information content (AvgIpc) is 3.50. The molecule has 2 aromatic carbocycles. The zero-order valence-corrected chi connectivity index (χ0v) is 17.3. The first-order chi connectivity index (χ1) is 14.4. The van der Waals surface area contributed by atoms with Crippen molar-refractivity contribution in [2.45, 2.75) is 31.3 Å². The summed E-state index contributed by atoms with van der Waals surface area (Å²) in [6.45, 7) is -0.233. The van der Waals surface area contributed by atoms with Crippen LogP contribution in [-0.4, -0.2) is 55.3 Å². The Morgan fingerprint density at radius 1 is 0.967 bits per heavy atom. The van der Waals surface area contributed by atoms with E-state index >= 15 is 0 Å². The summed E-state index contributed by atoms with van der Waals surface area (Å²) in [4.78, 5) is 27.2. The summed E-state index contributed by atoms with van der Waals surface area (Å²) in [5, 5.41) is 2.81. The molecule has 158 valence electrons. The van der Waals surface area contributed by atoms with E-state index < -0.39 is 9.84 Å². The van der Waals surface area contributed by atoms with Gasteiger partial charge in [-0.3, -0.25) is 9.59 Å². The average molecular weight is 429 g/mol. The van der Waals surface area contributed by atoms with Crippen molar-refractivity contribution in [1.82, 2.24) is 4.90 Å². The molecule has 1 saturated heterocycles. The number of rotatable bonds is 7. The minimum absolute atomic E-state index is 0.0192. The number of sulfone groups is 1. The third-order valence-electron chi connectivity index (χ3n) is 5.34. The highest BCUT2D eigenvalue weighted by molar-refractivity contribution is 7.91. The summed E-state index contributed by atoms with van der Waals surface area (Å²) in [5.41, 5.74) is 0.992. The predicted molar refractivity (Wildman–Crippen MR) is 113 cm³/mol. The molecular formula is C22H24N2O5S. The number of hydrogen-bond donors (Lipinski definition) is 1. The Bertz CT molecular complexity index is 1030. The molecule has 2 amide bonds. The third-order valence-corrected chi connectivity index (χ3v) is 7.09. The Morgan fingerprint density at radius 3 is 2.33 bits per heavy atom. The lowest BCUT2D eigenvalue weighted by molar-refractivity contribution is -0.135. The van der Waals surface area contributed by atoms with Gasteiger partial charge >= 0.3 is 0 Å². The first-order valence-corrected chi connectivity index (χ1v) is 11.8. The normalized spacial score (nSPS) is 19.8. The molecule has 2 aliphatic rings. The molecule has 7 nitrogen and oxygen atoms in total. The number of carbonyl (C=O) groups excluding carboxylic acids is 2. The molecule has 0 unspecified atom stereocenters. The molecular weight excluding hydrogens is 404 g/mol. The van der Waals surface area contributed by atoms with Crippen LogP contribution in [0.5, 0.6) is 5.75 Å². The molecule has 0 aromatic heterocycles. The highest BCUT2D eigenvalue weighted by Crippen LogP contribution is 2.32. The maximum Gasteiger partial charge on any atom is 0.261 e. The van der Waals surface area contributed by atoms with Crippen LogP contribution >= 0.6 is 0 Å². The number of anilines is 1. The quantitative estimate of drug-likeness (QED) is 0.731. The summed E-state index contributed by atoms with van der Waals surface area (Å²) in [5.74, 6) is -0.111. The molecule has 1 N–H and O–H groups in total. The first kappa shape index (κ1) is 20.4. The molecule has 1 saturated carbocycles. The Hall–Kier alpha value is -2.87. The van der Waals surface area contributed by atoms with Crippen molar-refractivity contribution < 1.29 is 22.7 Å². The molecule has 2 fully saturated rings. The van der Waals surface area contributed by atoms with E-state index in [9.17, 15) is 18.0 Å². The summed E-state index contributed by atoms with van der Waals surface area (Å²) in [6.07, 6.45) is 2.25. The van der Waals surface area contributed by atoms with Crippen LogP contribution < -0.4 is 10.1 Å². The van der Waals surface area contributed by atoms with Crippen molar-refractivity contribution in [2.24, 2.45) is 0 Å². The van der Waals surface area contributed by atoms with Gasteiger partial charge < -0.3 is 15.0 Å². The molecule has 1 heterocycles. The van der Waals surface area contributed by atoms with Crippen LogP contribution in [-0.2, 0) is 14.6 Å². The highest BCUT2D eigenvalue weighted by Gasteiger charge is 2.42. The van der Waals surface area contributed by atoms with Crippen LogP contribution in [0.4, 0.5) is 5.69 Å². The number of amides is 2. The zero-order chi connectivity index (χ0) is 21.1. The van der Waals surface area contributed by atoms with Crippen LogP contribution in [0.15, 0.2) is 54.6 Å². The monoisotopic (exact) mass is 428 g/mol. The van der Waals surface area contributed by atoms with E-state index in [1.807, 2.05) is 18.2 Å². The fourth-order valence-electron chi connectivity index (χ4n) is 3.77. The minimum Gasteiger partial charge on any atom is -0.483 e. The SMILES string of the molecule is O=C(Nc1ccccc1)c1ccccc1OCC(=O)N(C1CC1)[C@H]1CCS(=O)(=O)C1. The fraction of sp³-hybridized carbons (Fsp3) is 0.364. The second-order valence-electron chi connectivity index (χ2n) is 7.69. The van der Waals surface area contributed by atoms with E-state index in [1.54, 1.807) is 41.3 Å². The van der Waals surface area contributed by atoms with Gasteiger partial charge in [0.25, 0.3) is 11.8 Å². The minimum atomic E-state index is -3.08. The van der Waals surface area contributed by atoms with Crippen LogP contribution in [0.2, 0.25) is 0 Å². The summed E-state index contributed by atoms with van der Waals surface area (Å²) >= 11 is 0. The molecule has 4 rings (SSSR count). The van der Waals surface area contributed by atoms with E-state index in [0.29, 0.717) is 23.4 Å². The molecule has 1 aliphatic heterocycles. The van der Waals surface area contributed by atoms with Gasteiger partial charge in [-0.05, 0) is 43.5 Å². The van der Waals surface area contributed by atoms with E-state index in [2.05, 4.69) is 5.32 Å². The van der Waals surface area contributed by atoms with Crippen LogP contribution in [0.1, 0.15) is 29.6 Å². The van der Waals surface area contributed by atoms with Gasteiger partial charge in [0.15, 0.2) is 16.4 Å². The van der Waals surface area contributed by atoms with E-state index in [1.165, 1.54) is 0 Å². The zero-order valence-electron chi connectivity index (χ0n) is 16.5. The van der Waals surface area contributed by atoms with Crippen LogP contribution in [0.25, 0.3) is 0 Å². The topological polar surface area (TPSA) is 92.8 Å². The standard InChI is InChI=1S/C22H24N2O5S/c25-21(24(17-10-11-17)18-12-13-30(27,28)15-18)14-29-20-9-5-4-8-19(20)22(26)23-16-6-2-1-3-7-16/h1-9,17-18H,10-15H2,(H,23,26)/t18-/m0/s1. The van der Waals surface area contributed by atoms with Crippen molar-refractivity contribution >= 4 is 27.3 Å². The third kappa shape index (κ3) is 4.81. The largest absolute Gasteiger partial charge is 0.483 e. The Labute approximate surface area is 175 Å². The van der Waals surface area contributed by atoms with Gasteiger partial charge in [0, 0.05) is 17.8 Å². The molecule has 1 aliphatic carbocycles. The van der Waals surface area contributed by atoms with Gasteiger partial charge in [-0.25, -0.2) is 8.42 Å². The van der Waals surface area contributed by atoms with Gasteiger partial charge in [0.1, 0.15) is 5.75 Å². The number of carbonyl (C=O) groups is 2. The predicted octanol–water partition coefficient (Wildman–Crippen LogP) is 2.50. The van der Waals surface area contributed by atoms with Gasteiger partial charge in [-0.2, -0.15) is 0 Å². The number of nitrogens with zero attached hydrogens (tertiary/aromatic N) is 1. The van der Waals surface area contributed by atoms with Gasteiger partial charge in [0.2, 0.25) is 0 Å². The maximum atomic E-state index is 12.9. The molecule has 0 radical (unpaired) electrons. The molecule has 2 aromatic rings. The molecule has 30 heavy (non-hydrogen) atoms. The van der Waals surface area contributed by atoms with Crippen molar-refractivity contribution in [3.05, 3.63) is 60.2 Å². The van der Waals surface area contributed by atoms with Crippen molar-refractivity contribution in [2.75, 3.05) is 23.4 Å². The highest BCUT2D eigenvalue weighted by atomic mass is 32.2. The van der Waals surface area contributed by atoms with E-state index in [0.717, 1.165) is 12.8 Å². The second kappa shape index (κ2) is 8.47. The molecule has 8 heteroatoms. The Kier molecular flexibility index (Phi) is 5.76. The van der Waals surface area contributed by atoms with Gasteiger partial charge in [-0.1, -0.05) is 30.3 Å². The molecule has 1 atom stereocenters. The smallest absolute Gasteiger partial charge is 0.261 e. The van der Waals surface area contributed by atoms with E-state index in [-0.39, 0.29) is 42.0 Å². The summed E-state index contributed by atoms with van der Waals surface area (Å²) in [7, 11) is -3.08. The Balaban J connectivity index is 1.43. The summed E-state index contributed by atoms with van der Waals surface area (Å²) in [6, 6.07) is 15.6. The first-order valence-electron chi connectivity index (χ1n) is 10.0. The van der Waals surface area contributed by atoms with Gasteiger partial charge in [-0.15, -0.1) is 0 Å². The lowest BCUT2D eigenvalue weighted by Gasteiger charge is -2.28. The number of nitrogens with one attached hydrogen (secondary N) is 1. The number of benzene rings is 2. The van der Waals surface area contributed by atoms with Crippen molar-refractivity contribution in [1.29, 1.82) is 0 Å². The fourth-order valence-corrected chi connectivity index (χ4v) is 5.48. The van der Waals surface area contributed by atoms with Crippen molar-refractivity contribution in [3.63, 3.8) is 0 Å².